The fourth-order valence-electron chi connectivity index (χ4n) is 2.49. The van der Waals surface area contributed by atoms with Crippen LogP contribution in [0.2, 0.25) is 0 Å². The second-order valence-electron chi connectivity index (χ2n) is 5.90. The molecule has 1 atom stereocenters. The molecule has 0 saturated carbocycles. The Kier molecular flexibility index (Phi) is 4.90. The van der Waals surface area contributed by atoms with Crippen molar-refractivity contribution >= 4 is 34.1 Å². The Morgan fingerprint density at radius 2 is 2.19 bits per heavy atom. The van der Waals surface area contributed by atoms with Gasteiger partial charge in [0.15, 0.2) is 0 Å². The summed E-state index contributed by atoms with van der Waals surface area (Å²) in [5, 5.41) is 7.54. The van der Waals surface area contributed by atoms with E-state index < -0.39 is 17.9 Å². The average Bonchev–Trinajstić information content (AvgIpc) is 3.14. The van der Waals surface area contributed by atoms with Gasteiger partial charge in [-0.25, -0.2) is 4.98 Å². The van der Waals surface area contributed by atoms with Gasteiger partial charge in [0, 0.05) is 12.4 Å². The zero-order valence-electron chi connectivity index (χ0n) is 14.6. The van der Waals surface area contributed by atoms with Crippen molar-refractivity contribution < 1.29 is 14.3 Å². The number of nitrogens with zero attached hydrogens (tertiary/aromatic N) is 3. The number of primary amides is 1. The number of rotatable bonds is 6. The van der Waals surface area contributed by atoms with Crippen molar-refractivity contribution in [2.45, 2.75) is 26.5 Å². The molecule has 2 amide bonds. The lowest BCUT2D eigenvalue weighted by molar-refractivity contribution is -0.119. The first-order valence-electron chi connectivity index (χ1n) is 7.95. The lowest BCUT2D eigenvalue weighted by atomic mass is 10.2. The van der Waals surface area contributed by atoms with E-state index in [0.29, 0.717) is 29.0 Å². The van der Waals surface area contributed by atoms with Crippen LogP contribution in [0.1, 0.15) is 28.0 Å². The standard InChI is InChI=1S/C17H19N5O3S/c1-9-14(26-8-19-9)7-25-11-4-5-13-12(6-11)15(22(3)21-13)17(24)20-10(2)16(18)23/h4-6,8,10H,7H2,1-3H3,(H2,18,23)(H,20,24)/t10-/m1/s1. The van der Waals surface area contributed by atoms with Crippen LogP contribution in [0.25, 0.3) is 10.9 Å². The second kappa shape index (κ2) is 7.12. The molecule has 0 aliphatic rings. The third-order valence-corrected chi connectivity index (χ3v) is 4.92. The topological polar surface area (TPSA) is 112 Å². The quantitative estimate of drug-likeness (QED) is 0.680. The first kappa shape index (κ1) is 17.9. The molecule has 2 aromatic heterocycles. The highest BCUT2D eigenvalue weighted by molar-refractivity contribution is 7.09. The Morgan fingerprint density at radius 1 is 1.42 bits per heavy atom. The van der Waals surface area contributed by atoms with E-state index in [1.165, 1.54) is 22.9 Å². The number of carbonyl (C=O) groups excluding carboxylic acids is 2. The summed E-state index contributed by atoms with van der Waals surface area (Å²) in [7, 11) is 1.67. The molecule has 2 heterocycles. The van der Waals surface area contributed by atoms with E-state index >= 15 is 0 Å². The number of amides is 2. The largest absolute Gasteiger partial charge is 0.488 e. The van der Waals surface area contributed by atoms with Crippen molar-refractivity contribution in [3.8, 4) is 5.75 Å². The Labute approximate surface area is 154 Å². The van der Waals surface area contributed by atoms with E-state index in [2.05, 4.69) is 15.4 Å². The van der Waals surface area contributed by atoms with Crippen molar-refractivity contribution in [2.75, 3.05) is 0 Å². The average molecular weight is 373 g/mol. The zero-order valence-corrected chi connectivity index (χ0v) is 15.5. The van der Waals surface area contributed by atoms with E-state index in [1.54, 1.807) is 30.8 Å². The number of hydrogen-bond donors (Lipinski definition) is 2. The molecule has 0 radical (unpaired) electrons. The maximum Gasteiger partial charge on any atom is 0.270 e. The van der Waals surface area contributed by atoms with E-state index in [9.17, 15) is 9.59 Å². The smallest absolute Gasteiger partial charge is 0.270 e. The van der Waals surface area contributed by atoms with E-state index in [4.69, 9.17) is 10.5 Å². The molecule has 0 aliphatic carbocycles. The van der Waals surface area contributed by atoms with Crippen LogP contribution >= 0.6 is 11.3 Å². The summed E-state index contributed by atoms with van der Waals surface area (Å²) in [5.74, 6) is -0.402. The van der Waals surface area contributed by atoms with Crippen molar-refractivity contribution in [3.05, 3.63) is 40.0 Å². The van der Waals surface area contributed by atoms with Crippen molar-refractivity contribution in [3.63, 3.8) is 0 Å². The Hall–Kier alpha value is -2.94. The lowest BCUT2D eigenvalue weighted by Crippen LogP contribution is -2.42. The number of thiazole rings is 1. The number of ether oxygens (including phenoxy) is 1. The van der Waals surface area contributed by atoms with E-state index in [-0.39, 0.29) is 0 Å². The SMILES string of the molecule is Cc1ncsc1COc1ccc2nn(C)c(C(=O)N[C@H](C)C(N)=O)c2c1. The van der Waals surface area contributed by atoms with Gasteiger partial charge in [-0.05, 0) is 32.0 Å². The normalized spacial score (nSPS) is 12.1. The maximum atomic E-state index is 12.5. The van der Waals surface area contributed by atoms with Gasteiger partial charge in [0.1, 0.15) is 24.1 Å². The highest BCUT2D eigenvalue weighted by atomic mass is 32.1. The third kappa shape index (κ3) is 3.52. The molecule has 0 fully saturated rings. The van der Waals surface area contributed by atoms with Crippen LogP contribution in [0.15, 0.2) is 23.7 Å². The number of aryl methyl sites for hydroxylation is 2. The molecule has 9 heteroatoms. The van der Waals surface area contributed by atoms with Gasteiger partial charge in [0.05, 0.1) is 21.6 Å². The van der Waals surface area contributed by atoms with Crippen molar-refractivity contribution in [2.24, 2.45) is 12.8 Å². The van der Waals surface area contributed by atoms with Crippen molar-refractivity contribution in [1.29, 1.82) is 0 Å². The Balaban J connectivity index is 1.87. The van der Waals surface area contributed by atoms with Crippen LogP contribution in [-0.4, -0.2) is 32.6 Å². The van der Waals surface area contributed by atoms with Crippen LogP contribution in [0.4, 0.5) is 0 Å². The number of benzene rings is 1. The molecule has 26 heavy (non-hydrogen) atoms. The van der Waals surface area contributed by atoms with Gasteiger partial charge in [-0.15, -0.1) is 11.3 Å². The fraction of sp³-hybridized carbons (Fsp3) is 0.294. The molecule has 1 aromatic carbocycles. The molecular formula is C17H19N5O3S. The van der Waals surface area contributed by atoms with Gasteiger partial charge >= 0.3 is 0 Å². The highest BCUT2D eigenvalue weighted by Crippen LogP contribution is 2.25. The molecule has 8 nitrogen and oxygen atoms in total. The summed E-state index contributed by atoms with van der Waals surface area (Å²) < 4.78 is 7.31. The van der Waals surface area contributed by atoms with Gasteiger partial charge in [0.25, 0.3) is 5.91 Å². The molecule has 136 valence electrons. The van der Waals surface area contributed by atoms with Gasteiger partial charge in [-0.3, -0.25) is 14.3 Å². The number of nitrogens with one attached hydrogen (secondary N) is 1. The van der Waals surface area contributed by atoms with Crippen LogP contribution < -0.4 is 15.8 Å². The van der Waals surface area contributed by atoms with Crippen molar-refractivity contribution in [1.82, 2.24) is 20.1 Å². The van der Waals surface area contributed by atoms with Gasteiger partial charge in [-0.2, -0.15) is 5.10 Å². The first-order chi connectivity index (χ1) is 12.4. The van der Waals surface area contributed by atoms with E-state index in [0.717, 1.165) is 10.6 Å². The minimum atomic E-state index is -0.777. The monoisotopic (exact) mass is 373 g/mol. The number of nitrogens with two attached hydrogens (primary N) is 1. The lowest BCUT2D eigenvalue weighted by Gasteiger charge is -2.10. The minimum absolute atomic E-state index is 0.340. The summed E-state index contributed by atoms with van der Waals surface area (Å²) in [6.45, 7) is 3.87. The highest BCUT2D eigenvalue weighted by Gasteiger charge is 2.20. The maximum absolute atomic E-state index is 12.5. The van der Waals surface area contributed by atoms with Crippen LogP contribution in [-0.2, 0) is 18.4 Å². The molecule has 3 rings (SSSR count). The Morgan fingerprint density at radius 3 is 2.85 bits per heavy atom. The second-order valence-corrected chi connectivity index (χ2v) is 6.84. The van der Waals surface area contributed by atoms with Crippen LogP contribution in [0.3, 0.4) is 0 Å². The first-order valence-corrected chi connectivity index (χ1v) is 8.83. The third-order valence-electron chi connectivity index (χ3n) is 4.01. The fourth-order valence-corrected chi connectivity index (χ4v) is 3.18. The van der Waals surface area contributed by atoms with Crippen LogP contribution in [0, 0.1) is 6.92 Å². The summed E-state index contributed by atoms with van der Waals surface area (Å²) in [6, 6.07) is 4.58. The predicted octanol–water partition coefficient (Wildman–Crippen LogP) is 1.52. The molecule has 0 aliphatic heterocycles. The summed E-state index contributed by atoms with van der Waals surface area (Å²) in [4.78, 5) is 29.0. The molecular weight excluding hydrogens is 354 g/mol. The Bertz CT molecular complexity index is 978. The summed E-state index contributed by atoms with van der Waals surface area (Å²) in [6.07, 6.45) is 0. The zero-order chi connectivity index (χ0) is 18.8. The van der Waals surface area contributed by atoms with Gasteiger partial charge in [0.2, 0.25) is 5.91 Å². The molecule has 0 spiro atoms. The number of aromatic nitrogens is 3. The summed E-state index contributed by atoms with van der Waals surface area (Å²) >= 11 is 1.53. The molecule has 0 unspecified atom stereocenters. The molecule has 0 saturated heterocycles. The van der Waals surface area contributed by atoms with Gasteiger partial charge in [-0.1, -0.05) is 0 Å². The number of hydrogen-bond acceptors (Lipinski definition) is 6. The minimum Gasteiger partial charge on any atom is -0.488 e. The number of carbonyl (C=O) groups is 2. The molecule has 3 N–H and O–H groups in total. The molecule has 0 bridgehead atoms. The van der Waals surface area contributed by atoms with Gasteiger partial charge < -0.3 is 15.8 Å². The molecule has 3 aromatic rings. The predicted molar refractivity (Wildman–Crippen MR) is 98.0 cm³/mol. The van der Waals surface area contributed by atoms with Crippen LogP contribution in [0.5, 0.6) is 5.75 Å². The van der Waals surface area contributed by atoms with E-state index in [1.807, 2.05) is 6.92 Å². The summed E-state index contributed by atoms with van der Waals surface area (Å²) in [5.41, 5.74) is 8.93. The number of fused-ring (bicyclic) bond motifs is 1.